The average Bonchev–Trinajstić information content (AvgIpc) is 2.32. The summed E-state index contributed by atoms with van der Waals surface area (Å²) < 4.78 is 0. The van der Waals surface area contributed by atoms with Crippen molar-refractivity contribution in [1.29, 1.82) is 0 Å². The van der Waals surface area contributed by atoms with Gasteiger partial charge in [-0.2, -0.15) is 0 Å². The van der Waals surface area contributed by atoms with E-state index in [4.69, 9.17) is 0 Å². The number of hydrogen-bond donors (Lipinski definition) is 0. The Balaban J connectivity index is 4.57. The normalized spacial score (nSPS) is 12.0. The van der Waals surface area contributed by atoms with Gasteiger partial charge in [-0.3, -0.25) is 0 Å². The van der Waals surface area contributed by atoms with Crippen LogP contribution in [0.15, 0.2) is 48.2 Å². The zero-order chi connectivity index (χ0) is 15.8. The van der Waals surface area contributed by atoms with Crippen molar-refractivity contribution in [2.45, 2.75) is 54.4 Å². The molecule has 0 aromatic carbocycles. The van der Waals surface area contributed by atoms with Crippen LogP contribution in [-0.4, -0.2) is 18.0 Å². The van der Waals surface area contributed by atoms with E-state index in [2.05, 4.69) is 71.8 Å². The van der Waals surface area contributed by atoms with E-state index in [0.717, 1.165) is 25.9 Å². The second-order valence-electron chi connectivity index (χ2n) is 6.76. The van der Waals surface area contributed by atoms with E-state index in [9.17, 15) is 0 Å². The fourth-order valence-corrected chi connectivity index (χ4v) is 1.88. The summed E-state index contributed by atoms with van der Waals surface area (Å²) in [4.78, 5) is 2.30. The molecular formula is C19H33N. The van der Waals surface area contributed by atoms with Gasteiger partial charge in [0.1, 0.15) is 0 Å². The minimum Gasteiger partial charge on any atom is -0.367 e. The highest BCUT2D eigenvalue weighted by Crippen LogP contribution is 2.26. The van der Waals surface area contributed by atoms with Crippen LogP contribution in [0.1, 0.15) is 54.4 Å². The monoisotopic (exact) mass is 275 g/mol. The van der Waals surface area contributed by atoms with Crippen molar-refractivity contribution >= 4 is 0 Å². The van der Waals surface area contributed by atoms with E-state index in [-0.39, 0.29) is 5.41 Å². The predicted octanol–water partition coefficient (Wildman–Crippen LogP) is 5.73. The molecule has 0 aliphatic carbocycles. The van der Waals surface area contributed by atoms with Crippen molar-refractivity contribution in [3.8, 4) is 0 Å². The summed E-state index contributed by atoms with van der Waals surface area (Å²) in [5.41, 5.74) is 4.11. The van der Waals surface area contributed by atoms with E-state index in [1.165, 1.54) is 16.8 Å². The van der Waals surface area contributed by atoms with Gasteiger partial charge in [0, 0.05) is 24.2 Å². The van der Waals surface area contributed by atoms with Crippen molar-refractivity contribution in [1.82, 2.24) is 4.90 Å². The van der Waals surface area contributed by atoms with E-state index >= 15 is 0 Å². The summed E-state index contributed by atoms with van der Waals surface area (Å²) in [5, 5.41) is 0. The van der Waals surface area contributed by atoms with Crippen molar-refractivity contribution in [3.63, 3.8) is 0 Å². The van der Waals surface area contributed by atoms with Gasteiger partial charge in [-0.25, -0.2) is 0 Å². The maximum Gasteiger partial charge on any atom is 0.0362 e. The number of allylic oxidation sites excluding steroid dienone is 4. The molecule has 0 spiro atoms. The molecule has 0 fully saturated rings. The molecule has 0 saturated carbocycles. The highest BCUT2D eigenvalue weighted by Gasteiger charge is 2.19. The predicted molar refractivity (Wildman–Crippen MR) is 92.8 cm³/mol. The second kappa shape index (κ2) is 8.84. The highest BCUT2D eigenvalue weighted by atomic mass is 15.1. The fourth-order valence-electron chi connectivity index (χ4n) is 1.88. The summed E-state index contributed by atoms with van der Waals surface area (Å²) in [7, 11) is 0. The maximum atomic E-state index is 4.25. The molecule has 0 aliphatic heterocycles. The van der Waals surface area contributed by atoms with E-state index < -0.39 is 0 Å². The van der Waals surface area contributed by atoms with Gasteiger partial charge < -0.3 is 4.90 Å². The Kier molecular flexibility index (Phi) is 8.29. The van der Waals surface area contributed by atoms with Crippen LogP contribution in [0, 0.1) is 5.41 Å². The van der Waals surface area contributed by atoms with Gasteiger partial charge in [-0.05, 0) is 33.6 Å². The Bertz CT molecular complexity index is 373. The van der Waals surface area contributed by atoms with E-state index in [1.54, 1.807) is 0 Å². The van der Waals surface area contributed by atoms with E-state index in [1.807, 2.05) is 6.08 Å². The highest BCUT2D eigenvalue weighted by molar-refractivity contribution is 5.10. The summed E-state index contributed by atoms with van der Waals surface area (Å²) in [6, 6.07) is 0. The summed E-state index contributed by atoms with van der Waals surface area (Å²) >= 11 is 0. The maximum absolute atomic E-state index is 4.25. The first-order valence-corrected chi connectivity index (χ1v) is 7.52. The average molecular weight is 275 g/mol. The summed E-state index contributed by atoms with van der Waals surface area (Å²) in [6.07, 6.45) is 8.83. The van der Waals surface area contributed by atoms with Gasteiger partial charge in [0.15, 0.2) is 0 Å². The molecule has 0 N–H and O–H groups in total. The lowest BCUT2D eigenvalue weighted by atomic mass is 9.91. The van der Waals surface area contributed by atoms with Crippen LogP contribution in [-0.2, 0) is 0 Å². The number of rotatable bonds is 8. The van der Waals surface area contributed by atoms with Crippen molar-refractivity contribution < 1.29 is 0 Å². The van der Waals surface area contributed by atoms with E-state index in [0.29, 0.717) is 0 Å². The molecule has 1 nitrogen and oxygen atoms in total. The van der Waals surface area contributed by atoms with Crippen molar-refractivity contribution in [2.75, 3.05) is 13.1 Å². The fraction of sp³-hybridized carbons (Fsp3) is 0.579. The lowest BCUT2D eigenvalue weighted by Crippen LogP contribution is -2.30. The minimum atomic E-state index is 0.104. The Morgan fingerprint density at radius 1 is 1.05 bits per heavy atom. The van der Waals surface area contributed by atoms with Gasteiger partial charge in [0.2, 0.25) is 0 Å². The Morgan fingerprint density at radius 3 is 2.10 bits per heavy atom. The smallest absolute Gasteiger partial charge is 0.0362 e. The minimum absolute atomic E-state index is 0.104. The van der Waals surface area contributed by atoms with Gasteiger partial charge in [-0.1, -0.05) is 56.7 Å². The molecule has 1 heteroatoms. The Morgan fingerprint density at radius 2 is 1.65 bits per heavy atom. The summed E-state index contributed by atoms with van der Waals surface area (Å²) in [5.74, 6) is 0. The molecule has 20 heavy (non-hydrogen) atoms. The van der Waals surface area contributed by atoms with Gasteiger partial charge in [-0.15, -0.1) is 6.58 Å². The summed E-state index contributed by atoms with van der Waals surface area (Å²) in [6.45, 7) is 23.0. The van der Waals surface area contributed by atoms with Crippen LogP contribution in [0.25, 0.3) is 0 Å². The SMILES string of the molecule is C=CCN(C/C=C(\C)CCC=C(C)C)C(=C)C(C)(C)C. The third-order valence-corrected chi connectivity index (χ3v) is 3.35. The third-order valence-electron chi connectivity index (χ3n) is 3.35. The first kappa shape index (κ1) is 18.8. The quantitative estimate of drug-likeness (QED) is 0.511. The van der Waals surface area contributed by atoms with Crippen LogP contribution in [0.2, 0.25) is 0 Å². The molecule has 0 aliphatic rings. The molecular weight excluding hydrogens is 242 g/mol. The second-order valence-corrected chi connectivity index (χ2v) is 6.76. The lowest BCUT2D eigenvalue weighted by Gasteiger charge is -2.33. The van der Waals surface area contributed by atoms with Crippen molar-refractivity contribution in [2.24, 2.45) is 5.41 Å². The van der Waals surface area contributed by atoms with Crippen LogP contribution in [0.5, 0.6) is 0 Å². The molecule has 0 bridgehead atoms. The Labute approximate surface area is 126 Å². The first-order valence-electron chi connectivity index (χ1n) is 7.52. The topological polar surface area (TPSA) is 3.24 Å². The first-order chi connectivity index (χ1) is 9.18. The largest absolute Gasteiger partial charge is 0.367 e. The van der Waals surface area contributed by atoms with Gasteiger partial charge >= 0.3 is 0 Å². The zero-order valence-corrected chi connectivity index (χ0v) is 14.4. The molecule has 0 heterocycles. The molecule has 114 valence electrons. The number of hydrogen-bond acceptors (Lipinski definition) is 1. The molecule has 0 amide bonds. The van der Waals surface area contributed by atoms with Crippen molar-refractivity contribution in [3.05, 3.63) is 48.2 Å². The third kappa shape index (κ3) is 8.04. The molecule has 0 radical (unpaired) electrons. The molecule has 0 unspecified atom stereocenters. The molecule has 0 rings (SSSR count). The van der Waals surface area contributed by atoms with Crippen LogP contribution < -0.4 is 0 Å². The molecule has 0 saturated heterocycles. The Hall–Kier alpha value is -1.24. The van der Waals surface area contributed by atoms with Gasteiger partial charge in [0.25, 0.3) is 0 Å². The van der Waals surface area contributed by atoms with Crippen LogP contribution in [0.3, 0.4) is 0 Å². The van der Waals surface area contributed by atoms with Gasteiger partial charge in [0.05, 0.1) is 0 Å². The number of nitrogens with zero attached hydrogens (tertiary/aromatic N) is 1. The standard InChI is InChI=1S/C19H33N/c1-9-14-20(18(5)19(6,7)8)15-13-17(4)12-10-11-16(2)3/h9,11,13H,1,5,10,12,14-15H2,2-4,6-8H3/b17-13+. The van der Waals surface area contributed by atoms with Crippen LogP contribution >= 0.6 is 0 Å². The van der Waals surface area contributed by atoms with Crippen LogP contribution in [0.4, 0.5) is 0 Å². The molecule has 0 atom stereocenters. The molecule has 0 aromatic rings. The zero-order valence-electron chi connectivity index (χ0n) is 14.4. The lowest BCUT2D eigenvalue weighted by molar-refractivity contribution is 0.311. The molecule has 0 aromatic heterocycles.